The third-order valence-corrected chi connectivity index (χ3v) is 1.68. The van der Waals surface area contributed by atoms with E-state index in [-0.39, 0.29) is 12.9 Å². The summed E-state index contributed by atoms with van der Waals surface area (Å²) in [6.45, 7) is 6.24. The van der Waals surface area contributed by atoms with E-state index in [9.17, 15) is 9.59 Å². The highest BCUT2D eigenvalue weighted by atomic mass is 16.6. The molecule has 3 nitrogen and oxygen atoms in total. The van der Waals surface area contributed by atoms with Gasteiger partial charge >= 0.3 is 12.4 Å². The zero-order valence-corrected chi connectivity index (χ0v) is 9.54. The Kier molecular flexibility index (Phi) is 16.3. The molecule has 0 aliphatic carbocycles. The Morgan fingerprint density at radius 1 is 1.07 bits per heavy atom. The fraction of sp³-hybridized carbons (Fsp3) is 0.818. The molecule has 14 heavy (non-hydrogen) atoms. The van der Waals surface area contributed by atoms with E-state index in [0.29, 0.717) is 0 Å². The van der Waals surface area contributed by atoms with Crippen LogP contribution in [0.3, 0.4) is 0 Å². The van der Waals surface area contributed by atoms with E-state index in [0.717, 1.165) is 0 Å². The first kappa shape index (κ1) is 15.6. The number of rotatable bonds is 6. The van der Waals surface area contributed by atoms with Crippen molar-refractivity contribution in [2.24, 2.45) is 0 Å². The van der Waals surface area contributed by atoms with Crippen LogP contribution in [-0.2, 0) is 14.3 Å². The Balaban J connectivity index is 0. The van der Waals surface area contributed by atoms with E-state index in [1.165, 1.54) is 32.1 Å². The Hall–Kier alpha value is -0.860. The van der Waals surface area contributed by atoms with E-state index in [1.54, 1.807) is 6.92 Å². The highest BCUT2D eigenvalue weighted by molar-refractivity contribution is 5.75. The molecule has 0 aromatic rings. The van der Waals surface area contributed by atoms with E-state index in [2.05, 4.69) is 18.6 Å². The van der Waals surface area contributed by atoms with Gasteiger partial charge in [0.1, 0.15) is 0 Å². The van der Waals surface area contributed by atoms with Crippen LogP contribution in [0, 0.1) is 0 Å². The average molecular weight is 202 g/mol. The third kappa shape index (κ3) is 17.3. The summed E-state index contributed by atoms with van der Waals surface area (Å²) in [6.07, 6.45) is 7.26. The van der Waals surface area contributed by atoms with Crippen LogP contribution in [-0.4, -0.2) is 12.4 Å². The number of unbranched alkanes of at least 4 members (excludes halogenated alkanes) is 4. The van der Waals surface area contributed by atoms with Crippen LogP contribution in [0.25, 0.3) is 0 Å². The highest BCUT2D eigenvalue weighted by Gasteiger charge is 1.91. The van der Waals surface area contributed by atoms with Gasteiger partial charge in [-0.25, -0.2) is 0 Å². The van der Waals surface area contributed by atoms with Gasteiger partial charge in [0.25, 0.3) is 0 Å². The monoisotopic (exact) mass is 202 g/mol. The van der Waals surface area contributed by atoms with Crippen LogP contribution < -0.4 is 0 Å². The first-order chi connectivity index (χ1) is 6.72. The minimum absolute atomic E-state index is 0.131. The lowest BCUT2D eigenvalue weighted by Gasteiger charge is -1.90. The maximum Gasteiger partial charge on any atom is 0.312 e. The predicted molar refractivity (Wildman–Crippen MR) is 56.9 cm³/mol. The summed E-state index contributed by atoms with van der Waals surface area (Å²) in [5.74, 6) is -0.491. The van der Waals surface area contributed by atoms with E-state index in [4.69, 9.17) is 0 Å². The van der Waals surface area contributed by atoms with Crippen molar-refractivity contribution in [3.8, 4) is 0 Å². The molecule has 0 amide bonds. The molecule has 0 aliphatic rings. The lowest BCUT2D eigenvalue weighted by molar-refractivity contribution is -0.151. The fourth-order valence-electron chi connectivity index (χ4n) is 0.814. The molecule has 0 aliphatic heterocycles. The van der Waals surface area contributed by atoms with Gasteiger partial charge in [0, 0.05) is 6.42 Å². The van der Waals surface area contributed by atoms with E-state index < -0.39 is 5.97 Å². The molecular weight excluding hydrogens is 180 g/mol. The van der Waals surface area contributed by atoms with Crippen LogP contribution in [0.5, 0.6) is 0 Å². The second kappa shape index (κ2) is 14.7. The molecule has 0 unspecified atom stereocenters. The van der Waals surface area contributed by atoms with Crippen LogP contribution in [0.4, 0.5) is 0 Å². The zero-order chi connectivity index (χ0) is 11.2. The van der Waals surface area contributed by atoms with Gasteiger partial charge in [-0.05, 0) is 0 Å². The molecule has 0 N–H and O–H groups in total. The van der Waals surface area contributed by atoms with Gasteiger partial charge in [0.2, 0.25) is 0 Å². The third-order valence-electron chi connectivity index (χ3n) is 1.68. The summed E-state index contributed by atoms with van der Waals surface area (Å²) in [6, 6.07) is 0. The molecule has 0 spiro atoms. The van der Waals surface area contributed by atoms with E-state index >= 15 is 0 Å². The smallest absolute Gasteiger partial charge is 0.312 e. The van der Waals surface area contributed by atoms with Crippen LogP contribution in [0.1, 0.15) is 59.3 Å². The molecule has 0 fully saturated rings. The second-order valence-corrected chi connectivity index (χ2v) is 3.00. The maximum atomic E-state index is 9.96. The average Bonchev–Trinajstić information content (AvgIpc) is 2.20. The summed E-state index contributed by atoms with van der Waals surface area (Å²) >= 11 is 0. The molecule has 84 valence electrons. The molecule has 0 aromatic carbocycles. The molecule has 3 heteroatoms. The summed E-state index contributed by atoms with van der Waals surface area (Å²) in [5, 5.41) is 0. The van der Waals surface area contributed by atoms with Gasteiger partial charge in [-0.3, -0.25) is 9.59 Å². The lowest BCUT2D eigenvalue weighted by Crippen LogP contribution is -1.98. The summed E-state index contributed by atoms with van der Waals surface area (Å²) in [5.41, 5.74) is 0. The summed E-state index contributed by atoms with van der Waals surface area (Å²) in [7, 11) is 0. The van der Waals surface area contributed by atoms with E-state index in [1.807, 2.05) is 0 Å². The molecule has 0 atom stereocenters. The summed E-state index contributed by atoms with van der Waals surface area (Å²) < 4.78 is 3.87. The summed E-state index contributed by atoms with van der Waals surface area (Å²) in [4.78, 5) is 19.3. The Labute approximate surface area is 86.8 Å². The minimum Gasteiger partial charge on any atom is -0.395 e. The number of carbonyl (C=O) groups excluding carboxylic acids is 2. The standard InChI is InChI=1S/C7H16.C4H6O3/c1-3-5-7-6-4-2;1-2-4(6)7-3-5/h3-7H2,1-2H3;3H,2H2,1H3. The maximum absolute atomic E-state index is 9.96. The van der Waals surface area contributed by atoms with Gasteiger partial charge in [-0.2, -0.15) is 0 Å². The largest absolute Gasteiger partial charge is 0.395 e. The molecule has 0 radical (unpaired) electrons. The van der Waals surface area contributed by atoms with Gasteiger partial charge in [-0.1, -0.05) is 52.9 Å². The second-order valence-electron chi connectivity index (χ2n) is 3.00. The SMILES string of the molecule is CCC(=O)OC=O.CCCCCCC. The van der Waals surface area contributed by atoms with Crippen LogP contribution in [0.2, 0.25) is 0 Å². The Bertz CT molecular complexity index is 128. The molecule has 0 aromatic heterocycles. The lowest BCUT2D eigenvalue weighted by atomic mass is 10.2. The highest BCUT2D eigenvalue weighted by Crippen LogP contribution is 2.00. The number of hydrogen-bond donors (Lipinski definition) is 0. The van der Waals surface area contributed by atoms with Crippen molar-refractivity contribution in [1.82, 2.24) is 0 Å². The molecule has 0 saturated heterocycles. The predicted octanol–water partition coefficient (Wildman–Crippen LogP) is 3.07. The fourth-order valence-corrected chi connectivity index (χ4v) is 0.814. The minimum atomic E-state index is -0.491. The first-order valence-corrected chi connectivity index (χ1v) is 5.35. The molecule has 0 heterocycles. The van der Waals surface area contributed by atoms with Crippen molar-refractivity contribution < 1.29 is 14.3 Å². The first-order valence-electron chi connectivity index (χ1n) is 5.35. The van der Waals surface area contributed by atoms with Gasteiger partial charge in [0.15, 0.2) is 0 Å². The molecule has 0 bridgehead atoms. The van der Waals surface area contributed by atoms with Gasteiger partial charge < -0.3 is 4.74 Å². The van der Waals surface area contributed by atoms with Gasteiger partial charge in [0.05, 0.1) is 0 Å². The van der Waals surface area contributed by atoms with Crippen molar-refractivity contribution in [2.75, 3.05) is 0 Å². The molecule has 0 rings (SSSR count). The van der Waals surface area contributed by atoms with Crippen molar-refractivity contribution in [3.05, 3.63) is 0 Å². The van der Waals surface area contributed by atoms with Crippen molar-refractivity contribution in [1.29, 1.82) is 0 Å². The van der Waals surface area contributed by atoms with Crippen molar-refractivity contribution >= 4 is 12.4 Å². The van der Waals surface area contributed by atoms with Crippen molar-refractivity contribution in [2.45, 2.75) is 59.3 Å². The number of carbonyl (C=O) groups is 2. The quantitative estimate of drug-likeness (QED) is 0.288. The normalized spacial score (nSPS) is 8.50. The van der Waals surface area contributed by atoms with Crippen molar-refractivity contribution in [3.63, 3.8) is 0 Å². The Morgan fingerprint density at radius 3 is 1.79 bits per heavy atom. The molecule has 0 saturated carbocycles. The number of ether oxygens (including phenoxy) is 1. The topological polar surface area (TPSA) is 43.4 Å². The van der Waals surface area contributed by atoms with Crippen LogP contribution >= 0.6 is 0 Å². The number of hydrogen-bond acceptors (Lipinski definition) is 3. The van der Waals surface area contributed by atoms with Crippen LogP contribution in [0.15, 0.2) is 0 Å². The van der Waals surface area contributed by atoms with Gasteiger partial charge in [-0.15, -0.1) is 0 Å². The number of esters is 1. The zero-order valence-electron chi connectivity index (χ0n) is 9.54. The Morgan fingerprint density at radius 2 is 1.57 bits per heavy atom. The molecular formula is C11H22O3.